The van der Waals surface area contributed by atoms with E-state index in [1.807, 2.05) is 31.2 Å². The molecule has 0 fully saturated rings. The van der Waals surface area contributed by atoms with Gasteiger partial charge in [-0.25, -0.2) is 4.79 Å². The van der Waals surface area contributed by atoms with Gasteiger partial charge in [-0.15, -0.1) is 0 Å². The molecule has 9 nitrogen and oxygen atoms in total. The van der Waals surface area contributed by atoms with Crippen molar-refractivity contribution < 1.29 is 9.59 Å². The van der Waals surface area contributed by atoms with Crippen molar-refractivity contribution in [1.82, 2.24) is 9.55 Å². The van der Waals surface area contributed by atoms with Crippen LogP contribution in [-0.4, -0.2) is 21.4 Å². The van der Waals surface area contributed by atoms with Gasteiger partial charge < -0.3 is 21.4 Å². The Balaban J connectivity index is 1.62. The molecule has 5 N–H and O–H groups in total. The summed E-state index contributed by atoms with van der Waals surface area (Å²) in [5, 5.41) is 5.24. The summed E-state index contributed by atoms with van der Waals surface area (Å²) in [4.78, 5) is 51.2. The maximum Gasteiger partial charge on any atom is 0.328 e. The molecule has 3 aromatic rings. The van der Waals surface area contributed by atoms with Gasteiger partial charge >= 0.3 is 5.69 Å². The van der Waals surface area contributed by atoms with Gasteiger partial charge in [-0.3, -0.25) is 19.0 Å². The fourth-order valence-corrected chi connectivity index (χ4v) is 3.64. The first-order chi connectivity index (χ1) is 16.2. The monoisotopic (exact) mass is 463 g/mol. The molecule has 1 heterocycles. The number of benzene rings is 2. The van der Waals surface area contributed by atoms with Crippen LogP contribution in [0.3, 0.4) is 0 Å². The molecule has 0 aliphatic heterocycles. The molecule has 3 rings (SSSR count). The minimum absolute atomic E-state index is 0.0134. The molecule has 0 aliphatic carbocycles. The van der Waals surface area contributed by atoms with Crippen LogP contribution < -0.4 is 27.6 Å². The van der Waals surface area contributed by atoms with E-state index in [4.69, 9.17) is 5.73 Å². The number of carbonyl (C=O) groups is 2. The van der Waals surface area contributed by atoms with E-state index in [0.29, 0.717) is 17.7 Å². The molecule has 34 heavy (non-hydrogen) atoms. The molecule has 0 radical (unpaired) electrons. The average Bonchev–Trinajstić information content (AvgIpc) is 2.78. The lowest BCUT2D eigenvalue weighted by molar-refractivity contribution is -0.116. The zero-order chi connectivity index (χ0) is 24.7. The number of nitrogen functional groups attached to an aromatic ring is 1. The van der Waals surface area contributed by atoms with Gasteiger partial charge in [0.25, 0.3) is 5.56 Å². The SMILES string of the molecule is CC(=O)Nc1ccc(CC(=O)Nc2c[nH]c(=O)n(CCC(C)Cc3ccccc3N)c2=O)cc1. The smallest absolute Gasteiger partial charge is 0.328 e. The quantitative estimate of drug-likeness (QED) is 0.361. The van der Waals surface area contributed by atoms with Crippen LogP contribution in [0.1, 0.15) is 31.4 Å². The molecule has 0 aliphatic rings. The first-order valence-corrected chi connectivity index (χ1v) is 11.0. The number of carbonyl (C=O) groups excluding carboxylic acids is 2. The standard InChI is InChI=1S/C25H29N5O4/c1-16(13-19-5-3-4-6-21(19)26)11-12-30-24(33)22(15-27-25(30)34)29-23(32)14-18-7-9-20(10-8-18)28-17(2)31/h3-10,15-16H,11-14,26H2,1-2H3,(H,27,34)(H,28,31)(H,29,32). The minimum Gasteiger partial charge on any atom is -0.399 e. The van der Waals surface area contributed by atoms with Gasteiger partial charge in [0, 0.05) is 31.0 Å². The molecular formula is C25H29N5O4. The van der Waals surface area contributed by atoms with Gasteiger partial charge in [-0.1, -0.05) is 37.3 Å². The number of amides is 2. The number of hydrogen-bond acceptors (Lipinski definition) is 5. The van der Waals surface area contributed by atoms with Crippen molar-refractivity contribution in [3.8, 4) is 0 Å². The molecule has 0 spiro atoms. The van der Waals surface area contributed by atoms with Gasteiger partial charge in [0.15, 0.2) is 0 Å². The van der Waals surface area contributed by atoms with Crippen LogP contribution in [0.25, 0.3) is 0 Å². The van der Waals surface area contributed by atoms with E-state index in [1.54, 1.807) is 24.3 Å². The van der Waals surface area contributed by atoms with Crippen molar-refractivity contribution in [3.63, 3.8) is 0 Å². The Morgan fingerprint density at radius 3 is 2.44 bits per heavy atom. The molecule has 9 heteroatoms. The summed E-state index contributed by atoms with van der Waals surface area (Å²) in [6.07, 6.45) is 2.58. The second-order valence-electron chi connectivity index (χ2n) is 8.36. The van der Waals surface area contributed by atoms with Crippen molar-refractivity contribution in [2.24, 2.45) is 5.92 Å². The van der Waals surface area contributed by atoms with Crippen LogP contribution in [0.4, 0.5) is 17.1 Å². The van der Waals surface area contributed by atoms with Crippen LogP contribution in [0, 0.1) is 5.92 Å². The Hall–Kier alpha value is -4.14. The molecule has 1 aromatic heterocycles. The second kappa shape index (κ2) is 11.1. The molecule has 0 saturated carbocycles. The summed E-state index contributed by atoms with van der Waals surface area (Å²) in [7, 11) is 0. The molecule has 0 bridgehead atoms. The molecule has 1 atom stereocenters. The lowest BCUT2D eigenvalue weighted by atomic mass is 9.97. The molecule has 178 valence electrons. The number of nitrogens with zero attached hydrogens (tertiary/aromatic N) is 1. The van der Waals surface area contributed by atoms with Crippen molar-refractivity contribution in [2.75, 3.05) is 16.4 Å². The summed E-state index contributed by atoms with van der Waals surface area (Å²) in [5.74, 6) is -0.385. The second-order valence-corrected chi connectivity index (χ2v) is 8.36. The van der Waals surface area contributed by atoms with Gasteiger partial charge in [0.1, 0.15) is 5.69 Å². The maximum absolute atomic E-state index is 12.8. The fraction of sp³-hybridized carbons (Fsp3) is 0.280. The molecule has 2 aromatic carbocycles. The third-order valence-electron chi connectivity index (χ3n) is 5.44. The lowest BCUT2D eigenvalue weighted by Crippen LogP contribution is -2.37. The highest BCUT2D eigenvalue weighted by Crippen LogP contribution is 2.18. The van der Waals surface area contributed by atoms with E-state index in [9.17, 15) is 19.2 Å². The number of rotatable bonds is 9. The Bertz CT molecular complexity index is 1280. The normalized spacial score (nSPS) is 11.6. The van der Waals surface area contributed by atoms with E-state index < -0.39 is 17.2 Å². The number of nitrogens with two attached hydrogens (primary N) is 1. The number of aromatic nitrogens is 2. The topological polar surface area (TPSA) is 139 Å². The zero-order valence-corrected chi connectivity index (χ0v) is 19.3. The van der Waals surface area contributed by atoms with Crippen LogP contribution >= 0.6 is 0 Å². The molecule has 2 amide bonds. The third-order valence-corrected chi connectivity index (χ3v) is 5.44. The van der Waals surface area contributed by atoms with E-state index in [0.717, 1.165) is 22.2 Å². The Morgan fingerprint density at radius 1 is 1.06 bits per heavy atom. The van der Waals surface area contributed by atoms with Crippen molar-refractivity contribution in [1.29, 1.82) is 0 Å². The maximum atomic E-state index is 12.8. The minimum atomic E-state index is -0.551. The van der Waals surface area contributed by atoms with E-state index in [2.05, 4.69) is 15.6 Å². The summed E-state index contributed by atoms with van der Waals surface area (Å²) >= 11 is 0. The van der Waals surface area contributed by atoms with E-state index in [-0.39, 0.29) is 30.5 Å². The fourth-order valence-electron chi connectivity index (χ4n) is 3.64. The van der Waals surface area contributed by atoms with E-state index >= 15 is 0 Å². The Morgan fingerprint density at radius 2 is 1.76 bits per heavy atom. The van der Waals surface area contributed by atoms with Crippen molar-refractivity contribution in [2.45, 2.75) is 39.7 Å². The molecule has 0 saturated heterocycles. The highest BCUT2D eigenvalue weighted by molar-refractivity contribution is 5.92. The van der Waals surface area contributed by atoms with Crippen LogP contribution in [0.2, 0.25) is 0 Å². The highest BCUT2D eigenvalue weighted by atomic mass is 16.2. The van der Waals surface area contributed by atoms with Crippen molar-refractivity contribution >= 4 is 28.9 Å². The van der Waals surface area contributed by atoms with Crippen LogP contribution in [0.15, 0.2) is 64.3 Å². The predicted molar refractivity (Wildman–Crippen MR) is 133 cm³/mol. The summed E-state index contributed by atoms with van der Waals surface area (Å²) < 4.78 is 1.10. The Kier molecular flexibility index (Phi) is 8.02. The predicted octanol–water partition coefficient (Wildman–Crippen LogP) is 2.53. The average molecular weight is 464 g/mol. The molecule has 1 unspecified atom stereocenters. The van der Waals surface area contributed by atoms with Gasteiger partial charge in [-0.05, 0) is 48.1 Å². The number of hydrogen-bond donors (Lipinski definition) is 4. The van der Waals surface area contributed by atoms with E-state index in [1.165, 1.54) is 13.1 Å². The third kappa shape index (κ3) is 6.68. The number of para-hydroxylation sites is 1. The largest absolute Gasteiger partial charge is 0.399 e. The first kappa shape index (κ1) is 24.5. The van der Waals surface area contributed by atoms with Gasteiger partial charge in [0.05, 0.1) is 6.42 Å². The Labute approximate surface area is 197 Å². The van der Waals surface area contributed by atoms with Gasteiger partial charge in [-0.2, -0.15) is 0 Å². The highest BCUT2D eigenvalue weighted by Gasteiger charge is 2.13. The van der Waals surface area contributed by atoms with Crippen LogP contribution in [0.5, 0.6) is 0 Å². The van der Waals surface area contributed by atoms with Crippen LogP contribution in [-0.2, 0) is 29.0 Å². The number of H-pyrrole nitrogens is 1. The zero-order valence-electron chi connectivity index (χ0n) is 19.3. The lowest BCUT2D eigenvalue weighted by Gasteiger charge is -2.14. The summed E-state index contributed by atoms with van der Waals surface area (Å²) in [6.45, 7) is 3.67. The van der Waals surface area contributed by atoms with Crippen molar-refractivity contribution in [3.05, 3.63) is 86.7 Å². The first-order valence-electron chi connectivity index (χ1n) is 11.0. The molecular weight excluding hydrogens is 434 g/mol. The number of nitrogens with one attached hydrogen (secondary N) is 3. The summed E-state index contributed by atoms with van der Waals surface area (Å²) in [6, 6.07) is 14.5. The number of anilines is 3. The van der Waals surface area contributed by atoms with Gasteiger partial charge in [0.2, 0.25) is 11.8 Å². The summed E-state index contributed by atoms with van der Waals surface area (Å²) in [5.41, 5.74) is 8.04. The number of aromatic amines is 1.